The summed E-state index contributed by atoms with van der Waals surface area (Å²) in [6.07, 6.45) is 7.00. The van der Waals surface area contributed by atoms with Crippen LogP contribution in [0.25, 0.3) is 0 Å². The van der Waals surface area contributed by atoms with Crippen molar-refractivity contribution in [2.75, 3.05) is 13.7 Å². The molecule has 0 aromatic carbocycles. The Kier molecular flexibility index (Phi) is 3.35. The van der Waals surface area contributed by atoms with Crippen molar-refractivity contribution in [2.45, 2.75) is 13.3 Å². The molecule has 0 saturated carbocycles. The van der Waals surface area contributed by atoms with E-state index in [2.05, 4.69) is 13.0 Å². The summed E-state index contributed by atoms with van der Waals surface area (Å²) in [6, 6.07) is 0. The lowest BCUT2D eigenvalue weighted by Crippen LogP contribution is -2.11. The third-order valence-corrected chi connectivity index (χ3v) is 2.38. The highest BCUT2D eigenvalue weighted by atomic mass is 16.5. The summed E-state index contributed by atoms with van der Waals surface area (Å²) in [5.41, 5.74) is 0. The van der Waals surface area contributed by atoms with E-state index in [0.29, 0.717) is 5.92 Å². The van der Waals surface area contributed by atoms with Gasteiger partial charge in [-0.15, -0.1) is 0 Å². The van der Waals surface area contributed by atoms with Crippen LogP contribution >= 0.6 is 0 Å². The van der Waals surface area contributed by atoms with E-state index >= 15 is 0 Å². The van der Waals surface area contributed by atoms with E-state index in [-0.39, 0.29) is 12.5 Å². The highest BCUT2D eigenvalue weighted by Crippen LogP contribution is 2.22. The van der Waals surface area contributed by atoms with Crippen LogP contribution in [0.5, 0.6) is 0 Å². The van der Waals surface area contributed by atoms with E-state index in [1.165, 1.54) is 0 Å². The number of aliphatic hydroxyl groups is 1. The Morgan fingerprint density at radius 2 is 2.42 bits per heavy atom. The van der Waals surface area contributed by atoms with Gasteiger partial charge in [-0.25, -0.2) is 0 Å². The molecule has 0 aromatic rings. The number of allylic oxidation sites excluding steroid dienone is 2. The van der Waals surface area contributed by atoms with Crippen LogP contribution in [0.3, 0.4) is 0 Å². The van der Waals surface area contributed by atoms with Gasteiger partial charge in [-0.2, -0.15) is 0 Å². The minimum atomic E-state index is 0.225. The fourth-order valence-corrected chi connectivity index (χ4v) is 1.35. The zero-order valence-corrected chi connectivity index (χ0v) is 7.66. The van der Waals surface area contributed by atoms with Gasteiger partial charge in [-0.3, -0.25) is 0 Å². The van der Waals surface area contributed by atoms with Gasteiger partial charge in [0.05, 0.1) is 7.11 Å². The van der Waals surface area contributed by atoms with Crippen molar-refractivity contribution < 1.29 is 9.84 Å². The lowest BCUT2D eigenvalue weighted by molar-refractivity contribution is 0.216. The summed E-state index contributed by atoms with van der Waals surface area (Å²) in [6.45, 7) is 2.36. The maximum absolute atomic E-state index is 9.03. The van der Waals surface area contributed by atoms with E-state index in [1.54, 1.807) is 7.11 Å². The van der Waals surface area contributed by atoms with Crippen LogP contribution in [-0.4, -0.2) is 18.8 Å². The van der Waals surface area contributed by atoms with Gasteiger partial charge in [0.2, 0.25) is 0 Å². The second-order valence-electron chi connectivity index (χ2n) is 3.23. The average molecular weight is 168 g/mol. The highest BCUT2D eigenvalue weighted by molar-refractivity contribution is 5.16. The second kappa shape index (κ2) is 4.31. The number of hydrogen-bond donors (Lipinski definition) is 1. The van der Waals surface area contributed by atoms with Crippen LogP contribution in [0.1, 0.15) is 13.3 Å². The molecule has 1 rings (SSSR count). The largest absolute Gasteiger partial charge is 0.497 e. The molecule has 0 radical (unpaired) electrons. The first-order chi connectivity index (χ1) is 5.77. The molecule has 0 fully saturated rings. The Bertz CT molecular complexity index is 194. The molecular weight excluding hydrogens is 152 g/mol. The first kappa shape index (κ1) is 9.33. The van der Waals surface area contributed by atoms with Gasteiger partial charge < -0.3 is 9.84 Å². The quantitative estimate of drug-likeness (QED) is 0.680. The topological polar surface area (TPSA) is 29.5 Å². The third kappa shape index (κ3) is 2.11. The van der Waals surface area contributed by atoms with E-state index in [4.69, 9.17) is 9.84 Å². The maximum atomic E-state index is 9.03. The summed E-state index contributed by atoms with van der Waals surface area (Å²) < 4.78 is 5.10. The first-order valence-corrected chi connectivity index (χ1v) is 4.31. The van der Waals surface area contributed by atoms with Crippen LogP contribution < -0.4 is 0 Å². The highest BCUT2D eigenvalue weighted by Gasteiger charge is 2.14. The molecule has 0 bridgehead atoms. The molecule has 0 spiro atoms. The average Bonchev–Trinajstić information content (AvgIpc) is 2.27. The minimum absolute atomic E-state index is 0.225. The predicted octanol–water partition coefficient (Wildman–Crippen LogP) is 1.72. The monoisotopic (exact) mass is 168 g/mol. The second-order valence-corrected chi connectivity index (χ2v) is 3.23. The van der Waals surface area contributed by atoms with Gasteiger partial charge in [-0.1, -0.05) is 13.0 Å². The Balaban J connectivity index is 2.66. The fourth-order valence-electron chi connectivity index (χ4n) is 1.35. The number of hydrogen-bond acceptors (Lipinski definition) is 2. The molecule has 68 valence electrons. The molecule has 12 heavy (non-hydrogen) atoms. The normalized spacial score (nSPS) is 29.4. The molecular formula is C10H16O2. The number of rotatable bonds is 2. The Labute approximate surface area is 73.5 Å². The van der Waals surface area contributed by atoms with Crippen molar-refractivity contribution in [1.29, 1.82) is 0 Å². The van der Waals surface area contributed by atoms with Crippen molar-refractivity contribution in [1.82, 2.24) is 0 Å². The maximum Gasteiger partial charge on any atom is 0.114 e. The molecule has 2 nitrogen and oxygen atoms in total. The Morgan fingerprint density at radius 1 is 1.67 bits per heavy atom. The molecule has 0 aliphatic heterocycles. The predicted molar refractivity (Wildman–Crippen MR) is 48.6 cm³/mol. The van der Waals surface area contributed by atoms with Crippen LogP contribution in [0.2, 0.25) is 0 Å². The zero-order chi connectivity index (χ0) is 8.97. The Hall–Kier alpha value is -0.760. The molecule has 1 aliphatic rings. The summed E-state index contributed by atoms with van der Waals surface area (Å²) in [7, 11) is 1.67. The lowest BCUT2D eigenvalue weighted by Gasteiger charge is -2.14. The zero-order valence-electron chi connectivity index (χ0n) is 7.66. The first-order valence-electron chi connectivity index (χ1n) is 4.31. The molecule has 0 saturated heterocycles. The van der Waals surface area contributed by atoms with E-state index in [1.807, 2.05) is 12.2 Å². The van der Waals surface area contributed by atoms with Crippen molar-refractivity contribution in [2.24, 2.45) is 11.8 Å². The summed E-state index contributed by atoms with van der Waals surface area (Å²) >= 11 is 0. The van der Waals surface area contributed by atoms with E-state index in [0.717, 1.165) is 12.2 Å². The van der Waals surface area contributed by atoms with Crippen molar-refractivity contribution in [3.8, 4) is 0 Å². The third-order valence-electron chi connectivity index (χ3n) is 2.38. The lowest BCUT2D eigenvalue weighted by atomic mass is 9.93. The standard InChI is InChI=1S/C10H16O2/c1-8-3-5-10(12-2)6-4-9(8)7-11/h4-6,8-9,11H,3,7H2,1-2H3. The van der Waals surface area contributed by atoms with E-state index < -0.39 is 0 Å². The van der Waals surface area contributed by atoms with Crippen LogP contribution in [0, 0.1) is 11.8 Å². The molecule has 2 heteroatoms. The summed E-state index contributed by atoms with van der Waals surface area (Å²) in [5.74, 6) is 1.67. The SMILES string of the molecule is COC1=CCC(C)C(CO)C=C1. The van der Waals surface area contributed by atoms with Gasteiger partial charge in [0.25, 0.3) is 0 Å². The molecule has 2 unspecified atom stereocenters. The summed E-state index contributed by atoms with van der Waals surface area (Å²) in [5, 5.41) is 9.03. The van der Waals surface area contributed by atoms with E-state index in [9.17, 15) is 0 Å². The van der Waals surface area contributed by atoms with Gasteiger partial charge in [0.1, 0.15) is 5.76 Å². The van der Waals surface area contributed by atoms with Crippen molar-refractivity contribution in [3.05, 3.63) is 24.0 Å². The van der Waals surface area contributed by atoms with Crippen LogP contribution in [0.4, 0.5) is 0 Å². The molecule has 0 aromatic heterocycles. The van der Waals surface area contributed by atoms with Gasteiger partial charge in [-0.05, 0) is 24.5 Å². The smallest absolute Gasteiger partial charge is 0.114 e. The van der Waals surface area contributed by atoms with Crippen LogP contribution in [0.15, 0.2) is 24.0 Å². The van der Waals surface area contributed by atoms with Crippen LogP contribution in [-0.2, 0) is 4.74 Å². The number of aliphatic hydroxyl groups excluding tert-OH is 1. The molecule has 0 amide bonds. The van der Waals surface area contributed by atoms with Gasteiger partial charge in [0.15, 0.2) is 0 Å². The van der Waals surface area contributed by atoms with Crippen molar-refractivity contribution >= 4 is 0 Å². The molecule has 0 heterocycles. The van der Waals surface area contributed by atoms with Gasteiger partial charge >= 0.3 is 0 Å². The minimum Gasteiger partial charge on any atom is -0.497 e. The molecule has 1 aliphatic carbocycles. The molecule has 2 atom stereocenters. The van der Waals surface area contributed by atoms with Crippen molar-refractivity contribution in [3.63, 3.8) is 0 Å². The number of methoxy groups -OCH3 is 1. The fraction of sp³-hybridized carbons (Fsp3) is 0.600. The number of ether oxygens (including phenoxy) is 1. The Morgan fingerprint density at radius 3 is 3.00 bits per heavy atom. The molecule has 1 N–H and O–H groups in total. The van der Waals surface area contributed by atoms with Gasteiger partial charge in [0, 0.05) is 12.5 Å². The summed E-state index contributed by atoms with van der Waals surface area (Å²) in [4.78, 5) is 0.